The monoisotopic (exact) mass is 227 g/mol. The zero-order valence-corrected chi connectivity index (χ0v) is 9.37. The third-order valence-corrected chi connectivity index (χ3v) is 2.19. The first kappa shape index (κ1) is 11.8. The number of nitrogens with zero attached hydrogens (tertiary/aromatic N) is 1. The van der Waals surface area contributed by atoms with Gasteiger partial charge in [-0.1, -0.05) is 6.07 Å². The maximum absolute atomic E-state index is 10.7. The summed E-state index contributed by atoms with van der Waals surface area (Å²) in [5.74, 6) is 1.04. The maximum atomic E-state index is 10.7. The standard InChI is InChI=1S/C10H13NO3S/c1-8-3-4-9(11(12)13)10(7-8)14-5-2-6-15/h3-4,7,15H,2,5-6H2,1H3. The summed E-state index contributed by atoms with van der Waals surface area (Å²) >= 11 is 4.04. The molecule has 0 fully saturated rings. The van der Waals surface area contributed by atoms with Crippen LogP contribution in [0, 0.1) is 17.0 Å². The van der Waals surface area contributed by atoms with Crippen molar-refractivity contribution < 1.29 is 9.66 Å². The Kier molecular flexibility index (Phi) is 4.42. The number of rotatable bonds is 5. The van der Waals surface area contributed by atoms with Gasteiger partial charge in [0, 0.05) is 6.07 Å². The molecule has 82 valence electrons. The first-order valence-electron chi connectivity index (χ1n) is 4.64. The topological polar surface area (TPSA) is 52.4 Å². The lowest BCUT2D eigenvalue weighted by Gasteiger charge is -2.06. The van der Waals surface area contributed by atoms with Crippen LogP contribution in [-0.2, 0) is 0 Å². The summed E-state index contributed by atoms with van der Waals surface area (Å²) in [5, 5.41) is 10.7. The molecule has 0 atom stereocenters. The van der Waals surface area contributed by atoms with Gasteiger partial charge in [0.15, 0.2) is 5.75 Å². The zero-order valence-electron chi connectivity index (χ0n) is 8.47. The molecule has 0 heterocycles. The van der Waals surface area contributed by atoms with Gasteiger partial charge in [-0.15, -0.1) is 0 Å². The van der Waals surface area contributed by atoms with Gasteiger partial charge in [0.1, 0.15) is 0 Å². The second kappa shape index (κ2) is 5.60. The van der Waals surface area contributed by atoms with E-state index in [1.807, 2.05) is 6.92 Å². The van der Waals surface area contributed by atoms with Crippen molar-refractivity contribution in [3.63, 3.8) is 0 Å². The summed E-state index contributed by atoms with van der Waals surface area (Å²) < 4.78 is 5.33. The molecule has 0 bridgehead atoms. The maximum Gasteiger partial charge on any atom is 0.310 e. The van der Waals surface area contributed by atoms with Gasteiger partial charge in [0.2, 0.25) is 0 Å². The van der Waals surface area contributed by atoms with E-state index in [-0.39, 0.29) is 5.69 Å². The normalized spacial score (nSPS) is 10.0. The highest BCUT2D eigenvalue weighted by Crippen LogP contribution is 2.27. The smallest absolute Gasteiger partial charge is 0.310 e. The molecular formula is C10H13NO3S. The highest BCUT2D eigenvalue weighted by molar-refractivity contribution is 7.80. The molecule has 0 unspecified atom stereocenters. The van der Waals surface area contributed by atoms with Crippen LogP contribution in [-0.4, -0.2) is 17.3 Å². The van der Waals surface area contributed by atoms with E-state index in [0.29, 0.717) is 18.1 Å². The molecule has 0 aromatic heterocycles. The van der Waals surface area contributed by atoms with Gasteiger partial charge < -0.3 is 4.74 Å². The van der Waals surface area contributed by atoms with Gasteiger partial charge >= 0.3 is 5.69 Å². The summed E-state index contributed by atoms with van der Waals surface area (Å²) in [5.41, 5.74) is 0.959. The van der Waals surface area contributed by atoms with Crippen molar-refractivity contribution in [2.75, 3.05) is 12.4 Å². The molecule has 1 aromatic rings. The molecule has 1 aromatic carbocycles. The molecular weight excluding hydrogens is 214 g/mol. The molecule has 0 aliphatic rings. The summed E-state index contributed by atoms with van der Waals surface area (Å²) in [6, 6.07) is 4.84. The Bertz CT molecular complexity index is 355. The number of aryl methyl sites for hydroxylation is 1. The zero-order chi connectivity index (χ0) is 11.3. The van der Waals surface area contributed by atoms with Crippen molar-refractivity contribution in [3.05, 3.63) is 33.9 Å². The van der Waals surface area contributed by atoms with Crippen LogP contribution in [0.4, 0.5) is 5.69 Å². The third kappa shape index (κ3) is 3.43. The van der Waals surface area contributed by atoms with Crippen molar-refractivity contribution in [2.24, 2.45) is 0 Å². The minimum absolute atomic E-state index is 0.0137. The fourth-order valence-corrected chi connectivity index (χ4v) is 1.26. The Labute approximate surface area is 93.8 Å². The third-order valence-electron chi connectivity index (χ3n) is 1.87. The number of hydrogen-bond acceptors (Lipinski definition) is 4. The summed E-state index contributed by atoms with van der Waals surface area (Å²) in [4.78, 5) is 10.2. The molecule has 0 aliphatic heterocycles. The fraction of sp³-hybridized carbons (Fsp3) is 0.400. The van der Waals surface area contributed by atoms with Crippen molar-refractivity contribution in [1.82, 2.24) is 0 Å². The number of hydrogen-bond donors (Lipinski definition) is 1. The van der Waals surface area contributed by atoms with E-state index in [0.717, 1.165) is 12.0 Å². The van der Waals surface area contributed by atoms with Crippen molar-refractivity contribution in [1.29, 1.82) is 0 Å². The van der Waals surface area contributed by atoms with Crippen molar-refractivity contribution >= 4 is 18.3 Å². The molecule has 0 spiro atoms. The molecule has 1 rings (SSSR count). The summed E-state index contributed by atoms with van der Waals surface area (Å²) in [6.45, 7) is 2.32. The van der Waals surface area contributed by atoms with Gasteiger partial charge in [0.25, 0.3) is 0 Å². The highest BCUT2D eigenvalue weighted by Gasteiger charge is 2.14. The predicted octanol–water partition coefficient (Wildman–Crippen LogP) is 2.60. The SMILES string of the molecule is Cc1ccc([N+](=O)[O-])c(OCCCS)c1. The van der Waals surface area contributed by atoms with Crippen LogP contribution < -0.4 is 4.74 Å². The molecule has 0 saturated carbocycles. The Morgan fingerprint density at radius 2 is 2.27 bits per heavy atom. The fourth-order valence-electron chi connectivity index (χ4n) is 1.13. The van der Waals surface area contributed by atoms with Crippen LogP contribution in [0.5, 0.6) is 5.75 Å². The largest absolute Gasteiger partial charge is 0.487 e. The van der Waals surface area contributed by atoms with Gasteiger partial charge in [0.05, 0.1) is 11.5 Å². The molecule has 0 amide bonds. The molecule has 0 radical (unpaired) electrons. The van der Waals surface area contributed by atoms with E-state index in [1.54, 1.807) is 12.1 Å². The number of nitro groups is 1. The average Bonchev–Trinajstić information content (AvgIpc) is 2.18. The molecule has 4 nitrogen and oxygen atoms in total. The van der Waals surface area contributed by atoms with E-state index in [4.69, 9.17) is 4.74 Å². The van der Waals surface area contributed by atoms with Crippen LogP contribution >= 0.6 is 12.6 Å². The first-order chi connectivity index (χ1) is 7.15. The van der Waals surface area contributed by atoms with Gasteiger partial charge in [-0.3, -0.25) is 10.1 Å². The minimum Gasteiger partial charge on any atom is -0.487 e. The predicted molar refractivity (Wildman–Crippen MR) is 61.8 cm³/mol. The van der Waals surface area contributed by atoms with Crippen LogP contribution in [0.25, 0.3) is 0 Å². The van der Waals surface area contributed by atoms with Crippen LogP contribution in [0.1, 0.15) is 12.0 Å². The minimum atomic E-state index is -0.435. The highest BCUT2D eigenvalue weighted by atomic mass is 32.1. The number of thiol groups is 1. The van der Waals surface area contributed by atoms with E-state index < -0.39 is 4.92 Å². The summed E-state index contributed by atoms with van der Waals surface area (Å²) in [6.07, 6.45) is 0.772. The molecule has 0 N–H and O–H groups in total. The Morgan fingerprint density at radius 3 is 2.87 bits per heavy atom. The van der Waals surface area contributed by atoms with E-state index >= 15 is 0 Å². The Morgan fingerprint density at radius 1 is 1.53 bits per heavy atom. The van der Waals surface area contributed by atoms with Gasteiger partial charge in [-0.2, -0.15) is 12.6 Å². The second-order valence-corrected chi connectivity index (χ2v) is 3.60. The lowest BCUT2D eigenvalue weighted by molar-refractivity contribution is -0.385. The molecule has 5 heteroatoms. The van der Waals surface area contributed by atoms with Crippen molar-refractivity contribution in [2.45, 2.75) is 13.3 Å². The Balaban J connectivity index is 2.82. The summed E-state index contributed by atoms with van der Waals surface area (Å²) in [7, 11) is 0. The van der Waals surface area contributed by atoms with Crippen LogP contribution in [0.15, 0.2) is 18.2 Å². The van der Waals surface area contributed by atoms with Crippen molar-refractivity contribution in [3.8, 4) is 5.75 Å². The van der Waals surface area contributed by atoms with E-state index in [1.165, 1.54) is 6.07 Å². The number of nitro benzene ring substituents is 1. The van der Waals surface area contributed by atoms with Crippen LogP contribution in [0.2, 0.25) is 0 Å². The first-order valence-corrected chi connectivity index (χ1v) is 5.27. The Hall–Kier alpha value is -1.23. The molecule has 15 heavy (non-hydrogen) atoms. The second-order valence-electron chi connectivity index (χ2n) is 3.15. The average molecular weight is 227 g/mol. The van der Waals surface area contributed by atoms with Gasteiger partial charge in [-0.05, 0) is 30.7 Å². The van der Waals surface area contributed by atoms with Gasteiger partial charge in [-0.25, -0.2) is 0 Å². The van der Waals surface area contributed by atoms with Crippen LogP contribution in [0.3, 0.4) is 0 Å². The molecule has 0 saturated heterocycles. The molecule has 0 aliphatic carbocycles. The van der Waals surface area contributed by atoms with E-state index in [9.17, 15) is 10.1 Å². The van der Waals surface area contributed by atoms with E-state index in [2.05, 4.69) is 12.6 Å². The number of ether oxygens (including phenoxy) is 1. The lowest BCUT2D eigenvalue weighted by Crippen LogP contribution is -2.01. The quantitative estimate of drug-likeness (QED) is 0.364. The number of benzene rings is 1. The lowest BCUT2D eigenvalue weighted by atomic mass is 10.2.